The number of phosphoric acid groups is 2. The van der Waals surface area contributed by atoms with Gasteiger partial charge in [0.05, 0.1) is 26.4 Å². The van der Waals surface area contributed by atoms with Crippen molar-refractivity contribution in [3.63, 3.8) is 0 Å². The molecule has 606 valence electrons. The first kappa shape index (κ1) is 100. The van der Waals surface area contributed by atoms with E-state index in [2.05, 4.69) is 55.4 Å². The molecule has 102 heavy (non-hydrogen) atoms. The molecule has 0 rings (SSSR count). The van der Waals surface area contributed by atoms with Crippen LogP contribution in [0.5, 0.6) is 0 Å². The lowest BCUT2D eigenvalue weighted by molar-refractivity contribution is -0.161. The molecule has 0 spiro atoms. The first-order valence-corrected chi connectivity index (χ1v) is 45.7. The Labute approximate surface area is 626 Å². The van der Waals surface area contributed by atoms with Crippen LogP contribution in [-0.4, -0.2) is 96.7 Å². The maximum Gasteiger partial charge on any atom is 0.472 e. The molecule has 0 aliphatic carbocycles. The fourth-order valence-electron chi connectivity index (χ4n) is 12.8. The molecular formula is C83H162O17P2. The summed E-state index contributed by atoms with van der Waals surface area (Å²) >= 11 is 0. The Morgan fingerprint density at radius 3 is 0.696 bits per heavy atom. The molecule has 0 aromatic heterocycles. The number of carbonyl (C=O) groups excluding carboxylic acids is 4. The number of aliphatic hydroxyl groups is 1. The Bertz CT molecular complexity index is 1990. The van der Waals surface area contributed by atoms with E-state index in [1.165, 1.54) is 225 Å². The quantitative estimate of drug-likeness (QED) is 0.0222. The summed E-state index contributed by atoms with van der Waals surface area (Å²) in [5.41, 5.74) is 0. The highest BCUT2D eigenvalue weighted by Gasteiger charge is 2.30. The van der Waals surface area contributed by atoms with Gasteiger partial charge in [0.15, 0.2) is 12.2 Å². The number of phosphoric ester groups is 2. The zero-order chi connectivity index (χ0) is 75.3. The summed E-state index contributed by atoms with van der Waals surface area (Å²) in [5.74, 6) is 1.03. The van der Waals surface area contributed by atoms with E-state index in [1.807, 2.05) is 0 Å². The van der Waals surface area contributed by atoms with Crippen molar-refractivity contribution in [1.82, 2.24) is 0 Å². The van der Waals surface area contributed by atoms with Gasteiger partial charge >= 0.3 is 39.5 Å². The summed E-state index contributed by atoms with van der Waals surface area (Å²) in [6.45, 7) is 14.3. The molecule has 0 saturated heterocycles. The minimum Gasteiger partial charge on any atom is -0.462 e. The van der Waals surface area contributed by atoms with Gasteiger partial charge in [0, 0.05) is 25.7 Å². The van der Waals surface area contributed by atoms with E-state index in [0.717, 1.165) is 114 Å². The van der Waals surface area contributed by atoms with Crippen LogP contribution in [0.15, 0.2) is 0 Å². The number of ether oxygens (including phenoxy) is 4. The molecule has 6 atom stereocenters. The van der Waals surface area contributed by atoms with Crippen LogP contribution in [0.25, 0.3) is 0 Å². The SMILES string of the molecule is CCC(C)CCCCCCCCCCCCCCCCC(=O)OC[C@H](COP(=O)(O)OCC(O)COP(=O)(O)OC[C@@H](COC(=O)CCCCCCCCCC(C)C)OC(=O)CCCCCCCCCCCCCCCC(C)C)OC(=O)CCCCCCCCCCCCCCCCCC(C)C. The lowest BCUT2D eigenvalue weighted by Crippen LogP contribution is -2.30. The number of hydrogen-bond acceptors (Lipinski definition) is 15. The van der Waals surface area contributed by atoms with E-state index in [0.29, 0.717) is 31.6 Å². The van der Waals surface area contributed by atoms with Crippen molar-refractivity contribution in [3.8, 4) is 0 Å². The Morgan fingerprint density at radius 2 is 0.471 bits per heavy atom. The van der Waals surface area contributed by atoms with Gasteiger partial charge in [-0.15, -0.1) is 0 Å². The van der Waals surface area contributed by atoms with E-state index >= 15 is 0 Å². The minimum atomic E-state index is -4.96. The van der Waals surface area contributed by atoms with Crippen molar-refractivity contribution in [2.24, 2.45) is 23.7 Å². The molecule has 3 N–H and O–H groups in total. The van der Waals surface area contributed by atoms with Crippen LogP contribution in [0, 0.1) is 23.7 Å². The first-order valence-electron chi connectivity index (χ1n) is 42.7. The summed E-state index contributed by atoms with van der Waals surface area (Å²) in [7, 11) is -9.93. The van der Waals surface area contributed by atoms with Crippen LogP contribution < -0.4 is 0 Å². The molecule has 19 heteroatoms. The molecule has 0 heterocycles. The van der Waals surface area contributed by atoms with Crippen LogP contribution in [-0.2, 0) is 65.4 Å². The number of aliphatic hydroxyl groups excluding tert-OH is 1. The fraction of sp³-hybridized carbons (Fsp3) is 0.952. The Morgan fingerprint density at radius 1 is 0.275 bits per heavy atom. The molecule has 17 nitrogen and oxygen atoms in total. The molecule has 0 saturated carbocycles. The molecule has 0 amide bonds. The molecule has 0 fully saturated rings. The molecule has 0 aliphatic rings. The average molecular weight is 1490 g/mol. The van der Waals surface area contributed by atoms with E-state index in [9.17, 15) is 43.2 Å². The molecular weight excluding hydrogens is 1330 g/mol. The number of unbranched alkanes of at least 4 members (excludes halogenated alkanes) is 45. The number of hydrogen-bond donors (Lipinski definition) is 3. The standard InChI is InChI=1S/C83H162O17P2/c1-9-76(8)62-54-46-38-30-24-18-13-14-19-25-31-39-47-55-63-80(85)93-69-78(99-82(87)65-57-49-40-32-26-20-12-10-11-16-22-28-35-43-51-59-73(2)3)71-97-101(89,90)95-67-77(84)68-96-102(91,92)98-72-79(70-94-81(86)64-56-48-42-34-37-45-53-61-75(6)7)100-83(88)66-58-50-41-33-27-21-15-17-23-29-36-44-52-60-74(4)5/h73-79,84H,9-72H2,1-8H3,(H,89,90)(H,91,92)/t76?,77?,78-,79-/m1/s1. The predicted molar refractivity (Wildman–Crippen MR) is 418 cm³/mol. The number of carbonyl (C=O) groups is 4. The van der Waals surface area contributed by atoms with Crippen molar-refractivity contribution >= 4 is 39.5 Å². The highest BCUT2D eigenvalue weighted by Crippen LogP contribution is 2.45. The summed E-state index contributed by atoms with van der Waals surface area (Å²) in [6.07, 6.45) is 59.6. The second kappa shape index (κ2) is 72.0. The van der Waals surface area contributed by atoms with Gasteiger partial charge in [-0.2, -0.15) is 0 Å². The van der Waals surface area contributed by atoms with Crippen molar-refractivity contribution in [1.29, 1.82) is 0 Å². The van der Waals surface area contributed by atoms with Gasteiger partial charge in [-0.3, -0.25) is 37.3 Å². The molecule has 0 aromatic rings. The van der Waals surface area contributed by atoms with Gasteiger partial charge < -0.3 is 33.8 Å². The second-order valence-corrected chi connectivity index (χ2v) is 34.4. The van der Waals surface area contributed by atoms with Crippen molar-refractivity contribution in [3.05, 3.63) is 0 Å². The van der Waals surface area contributed by atoms with Crippen molar-refractivity contribution in [2.75, 3.05) is 39.6 Å². The van der Waals surface area contributed by atoms with Crippen LogP contribution in [0.3, 0.4) is 0 Å². The zero-order valence-electron chi connectivity index (χ0n) is 67.2. The highest BCUT2D eigenvalue weighted by atomic mass is 31.2. The predicted octanol–water partition coefficient (Wildman–Crippen LogP) is 24.8. The van der Waals surface area contributed by atoms with E-state index in [1.54, 1.807) is 0 Å². The number of esters is 4. The van der Waals surface area contributed by atoms with Gasteiger partial charge in [0.2, 0.25) is 0 Å². The monoisotopic (exact) mass is 1490 g/mol. The zero-order valence-corrected chi connectivity index (χ0v) is 69.0. The third-order valence-electron chi connectivity index (χ3n) is 19.7. The van der Waals surface area contributed by atoms with Crippen molar-refractivity contribution in [2.45, 2.75) is 446 Å². The van der Waals surface area contributed by atoms with Gasteiger partial charge in [0.1, 0.15) is 19.3 Å². The first-order chi connectivity index (χ1) is 49.1. The number of rotatable bonds is 80. The van der Waals surface area contributed by atoms with Gasteiger partial charge in [-0.1, -0.05) is 376 Å². The smallest absolute Gasteiger partial charge is 0.462 e. The fourth-order valence-corrected chi connectivity index (χ4v) is 14.3. The molecule has 0 radical (unpaired) electrons. The Kier molecular flexibility index (Phi) is 70.6. The van der Waals surface area contributed by atoms with Gasteiger partial charge in [-0.25, -0.2) is 9.13 Å². The summed E-state index contributed by atoms with van der Waals surface area (Å²) in [6, 6.07) is 0. The molecule has 4 unspecified atom stereocenters. The summed E-state index contributed by atoms with van der Waals surface area (Å²) in [5, 5.41) is 10.7. The van der Waals surface area contributed by atoms with Crippen molar-refractivity contribution < 1.29 is 80.2 Å². The lowest BCUT2D eigenvalue weighted by Gasteiger charge is -2.21. The van der Waals surface area contributed by atoms with Crippen LogP contribution in [0.4, 0.5) is 0 Å². The topological polar surface area (TPSA) is 237 Å². The van der Waals surface area contributed by atoms with E-state index < -0.39 is 97.5 Å². The summed E-state index contributed by atoms with van der Waals surface area (Å²) in [4.78, 5) is 73.1. The Hall–Kier alpha value is -1.94. The average Bonchev–Trinajstić information content (AvgIpc) is 0.952. The second-order valence-electron chi connectivity index (χ2n) is 31.5. The maximum atomic E-state index is 13.1. The third kappa shape index (κ3) is 74.9. The molecule has 0 bridgehead atoms. The van der Waals surface area contributed by atoms with Gasteiger partial charge in [0.25, 0.3) is 0 Å². The lowest BCUT2D eigenvalue weighted by atomic mass is 9.99. The minimum absolute atomic E-state index is 0.106. The highest BCUT2D eigenvalue weighted by molar-refractivity contribution is 7.47. The van der Waals surface area contributed by atoms with Crippen LogP contribution in [0.1, 0.15) is 428 Å². The molecule has 0 aromatic carbocycles. The van der Waals surface area contributed by atoms with E-state index in [4.69, 9.17) is 37.0 Å². The van der Waals surface area contributed by atoms with E-state index in [-0.39, 0.29) is 25.7 Å². The third-order valence-corrected chi connectivity index (χ3v) is 21.6. The summed E-state index contributed by atoms with van der Waals surface area (Å²) < 4.78 is 68.8. The van der Waals surface area contributed by atoms with Crippen LogP contribution >= 0.6 is 15.6 Å². The maximum absolute atomic E-state index is 13.1. The van der Waals surface area contributed by atoms with Gasteiger partial charge in [-0.05, 0) is 49.4 Å². The Balaban J connectivity index is 5.25. The largest absolute Gasteiger partial charge is 0.472 e. The van der Waals surface area contributed by atoms with Crippen LogP contribution in [0.2, 0.25) is 0 Å². The normalized spacial score (nSPS) is 14.3. The molecule has 0 aliphatic heterocycles.